The summed E-state index contributed by atoms with van der Waals surface area (Å²) in [6, 6.07) is 9.75. The lowest BCUT2D eigenvalue weighted by Crippen LogP contribution is -2.13. The fraction of sp³-hybridized carbons (Fsp3) is 0.200. The Labute approximate surface area is 120 Å². The summed E-state index contributed by atoms with van der Waals surface area (Å²) in [7, 11) is 0. The maximum absolute atomic E-state index is 12.5. The van der Waals surface area contributed by atoms with Gasteiger partial charge in [-0.1, -0.05) is 35.9 Å². The molecule has 0 aliphatic carbocycles. The van der Waals surface area contributed by atoms with Crippen LogP contribution in [-0.2, 0) is 6.18 Å². The van der Waals surface area contributed by atoms with Crippen LogP contribution in [0.3, 0.4) is 0 Å². The van der Waals surface area contributed by atoms with Gasteiger partial charge < -0.3 is 5.73 Å². The highest BCUT2D eigenvalue weighted by atomic mass is 35.5. The highest BCUT2D eigenvalue weighted by Gasteiger charge is 2.30. The molecule has 0 heterocycles. The minimum absolute atomic E-state index is 0.478. The molecular formula is C15H13ClF3N. The van der Waals surface area contributed by atoms with Crippen molar-refractivity contribution in [3.63, 3.8) is 0 Å². The summed E-state index contributed by atoms with van der Waals surface area (Å²) >= 11 is 5.94. The lowest BCUT2D eigenvalue weighted by molar-refractivity contribution is -0.137. The van der Waals surface area contributed by atoms with Gasteiger partial charge in [-0.15, -0.1) is 0 Å². The van der Waals surface area contributed by atoms with Gasteiger partial charge in [-0.3, -0.25) is 0 Å². The summed E-state index contributed by atoms with van der Waals surface area (Å²) in [6.45, 7) is 1.85. The van der Waals surface area contributed by atoms with Crippen LogP contribution in [0.5, 0.6) is 0 Å². The fourth-order valence-electron chi connectivity index (χ4n) is 1.93. The van der Waals surface area contributed by atoms with Crippen LogP contribution in [-0.4, -0.2) is 0 Å². The molecule has 1 unspecified atom stereocenters. The smallest absolute Gasteiger partial charge is 0.320 e. The van der Waals surface area contributed by atoms with Gasteiger partial charge in [0.25, 0.3) is 0 Å². The molecule has 2 aromatic rings. The topological polar surface area (TPSA) is 26.0 Å². The van der Waals surface area contributed by atoms with Gasteiger partial charge in [-0.2, -0.15) is 13.2 Å². The highest BCUT2D eigenvalue weighted by molar-refractivity contribution is 6.31. The normalized spacial score (nSPS) is 13.3. The molecule has 2 rings (SSSR count). The number of rotatable bonds is 2. The van der Waals surface area contributed by atoms with E-state index in [4.69, 9.17) is 17.3 Å². The number of halogens is 4. The Hall–Kier alpha value is -1.52. The lowest BCUT2D eigenvalue weighted by atomic mass is 9.97. The third kappa shape index (κ3) is 3.14. The average molecular weight is 300 g/mol. The van der Waals surface area contributed by atoms with Gasteiger partial charge in [0.15, 0.2) is 0 Å². The van der Waals surface area contributed by atoms with E-state index in [0.717, 1.165) is 23.3 Å². The third-order valence-electron chi connectivity index (χ3n) is 3.14. The number of nitrogens with two attached hydrogens (primary N) is 1. The Morgan fingerprint density at radius 1 is 1.00 bits per heavy atom. The predicted molar refractivity (Wildman–Crippen MR) is 73.7 cm³/mol. The molecule has 0 saturated carbocycles. The molecule has 0 aliphatic heterocycles. The summed E-state index contributed by atoms with van der Waals surface area (Å²) < 4.78 is 37.5. The molecule has 0 spiro atoms. The first kappa shape index (κ1) is 14.9. The van der Waals surface area contributed by atoms with E-state index in [1.165, 1.54) is 12.1 Å². The van der Waals surface area contributed by atoms with Crippen molar-refractivity contribution in [3.8, 4) is 0 Å². The molecule has 1 atom stereocenters. The second kappa shape index (κ2) is 5.46. The van der Waals surface area contributed by atoms with Crippen molar-refractivity contribution < 1.29 is 13.2 Å². The number of hydrogen-bond acceptors (Lipinski definition) is 1. The molecule has 0 fully saturated rings. The van der Waals surface area contributed by atoms with Crippen molar-refractivity contribution in [2.24, 2.45) is 5.73 Å². The second-order valence-corrected chi connectivity index (χ2v) is 5.01. The summed E-state index contributed by atoms with van der Waals surface area (Å²) in [5.74, 6) is 0. The zero-order valence-corrected chi connectivity index (χ0v) is 11.5. The fourth-order valence-corrected chi connectivity index (χ4v) is 2.05. The van der Waals surface area contributed by atoms with E-state index in [1.54, 1.807) is 12.1 Å². The summed E-state index contributed by atoms with van der Waals surface area (Å²) in [6.07, 6.45) is -4.33. The molecule has 2 aromatic carbocycles. The number of hydrogen-bond donors (Lipinski definition) is 1. The highest BCUT2D eigenvalue weighted by Crippen LogP contribution is 2.31. The SMILES string of the molecule is Cc1cc(C(N)c2ccc(C(F)(F)F)cc2)ccc1Cl. The van der Waals surface area contributed by atoms with Gasteiger partial charge in [0.05, 0.1) is 11.6 Å². The molecule has 106 valence electrons. The van der Waals surface area contributed by atoms with Crippen LogP contribution in [0.25, 0.3) is 0 Å². The van der Waals surface area contributed by atoms with E-state index in [9.17, 15) is 13.2 Å². The van der Waals surface area contributed by atoms with E-state index in [0.29, 0.717) is 10.6 Å². The Bertz CT molecular complexity index is 606. The zero-order chi connectivity index (χ0) is 14.9. The summed E-state index contributed by atoms with van der Waals surface area (Å²) in [4.78, 5) is 0. The molecule has 0 aromatic heterocycles. The van der Waals surface area contributed by atoms with Crippen LogP contribution in [0, 0.1) is 6.92 Å². The summed E-state index contributed by atoms with van der Waals surface area (Å²) in [5.41, 5.74) is 7.71. The van der Waals surface area contributed by atoms with Crippen molar-refractivity contribution in [3.05, 3.63) is 69.7 Å². The van der Waals surface area contributed by atoms with Gasteiger partial charge in [0.2, 0.25) is 0 Å². The predicted octanol–water partition coefficient (Wildman–Crippen LogP) is 4.72. The molecule has 5 heteroatoms. The van der Waals surface area contributed by atoms with Crippen LogP contribution in [0.15, 0.2) is 42.5 Å². The van der Waals surface area contributed by atoms with Gasteiger partial charge >= 0.3 is 6.18 Å². The molecule has 0 saturated heterocycles. The molecule has 0 aliphatic rings. The molecule has 0 amide bonds. The summed E-state index contributed by atoms with van der Waals surface area (Å²) in [5, 5.41) is 0.633. The third-order valence-corrected chi connectivity index (χ3v) is 3.56. The first-order chi connectivity index (χ1) is 9.29. The van der Waals surface area contributed by atoms with Crippen molar-refractivity contribution >= 4 is 11.6 Å². The van der Waals surface area contributed by atoms with Crippen molar-refractivity contribution in [2.75, 3.05) is 0 Å². The Balaban J connectivity index is 2.29. The van der Waals surface area contributed by atoms with Gasteiger partial charge in [0, 0.05) is 5.02 Å². The van der Waals surface area contributed by atoms with Crippen LogP contribution >= 0.6 is 11.6 Å². The zero-order valence-electron chi connectivity index (χ0n) is 10.7. The van der Waals surface area contributed by atoms with E-state index in [2.05, 4.69) is 0 Å². The standard InChI is InChI=1S/C15H13ClF3N/c1-9-8-11(4-7-13(9)16)14(20)10-2-5-12(6-3-10)15(17,18)19/h2-8,14H,20H2,1H3. The molecule has 1 nitrogen and oxygen atoms in total. The number of alkyl halides is 3. The van der Waals surface area contributed by atoms with Gasteiger partial charge in [0.1, 0.15) is 0 Å². The van der Waals surface area contributed by atoms with Crippen LogP contribution in [0.1, 0.15) is 28.3 Å². The van der Waals surface area contributed by atoms with Crippen molar-refractivity contribution in [1.29, 1.82) is 0 Å². The second-order valence-electron chi connectivity index (χ2n) is 4.61. The average Bonchev–Trinajstić information content (AvgIpc) is 2.40. The Kier molecular flexibility index (Phi) is 4.06. The molecule has 20 heavy (non-hydrogen) atoms. The van der Waals surface area contributed by atoms with Crippen LogP contribution < -0.4 is 5.73 Å². The Morgan fingerprint density at radius 3 is 2.05 bits per heavy atom. The molecular weight excluding hydrogens is 287 g/mol. The maximum Gasteiger partial charge on any atom is 0.416 e. The molecule has 0 radical (unpaired) electrons. The molecule has 2 N–H and O–H groups in total. The quantitative estimate of drug-likeness (QED) is 0.853. The largest absolute Gasteiger partial charge is 0.416 e. The minimum atomic E-state index is -4.33. The Morgan fingerprint density at radius 2 is 1.55 bits per heavy atom. The van der Waals surface area contributed by atoms with E-state index < -0.39 is 17.8 Å². The molecule has 0 bridgehead atoms. The van der Waals surface area contributed by atoms with E-state index in [1.807, 2.05) is 13.0 Å². The van der Waals surface area contributed by atoms with Crippen LogP contribution in [0.2, 0.25) is 5.02 Å². The number of aryl methyl sites for hydroxylation is 1. The first-order valence-corrected chi connectivity index (χ1v) is 6.35. The first-order valence-electron chi connectivity index (χ1n) is 5.98. The number of benzene rings is 2. The van der Waals surface area contributed by atoms with Gasteiger partial charge in [-0.05, 0) is 41.8 Å². The lowest BCUT2D eigenvalue weighted by Gasteiger charge is -2.15. The van der Waals surface area contributed by atoms with Crippen molar-refractivity contribution in [1.82, 2.24) is 0 Å². The monoisotopic (exact) mass is 299 g/mol. The minimum Gasteiger partial charge on any atom is -0.320 e. The van der Waals surface area contributed by atoms with Crippen LogP contribution in [0.4, 0.5) is 13.2 Å². The maximum atomic E-state index is 12.5. The van der Waals surface area contributed by atoms with E-state index in [-0.39, 0.29) is 0 Å². The van der Waals surface area contributed by atoms with E-state index >= 15 is 0 Å². The van der Waals surface area contributed by atoms with Gasteiger partial charge in [-0.25, -0.2) is 0 Å². The van der Waals surface area contributed by atoms with Crippen molar-refractivity contribution in [2.45, 2.75) is 19.1 Å².